The second kappa shape index (κ2) is 17.9. The number of hydrogen-bond donors (Lipinski definition) is 0. The summed E-state index contributed by atoms with van der Waals surface area (Å²) in [6.45, 7) is 7.89. The van der Waals surface area contributed by atoms with Gasteiger partial charge in [-0.25, -0.2) is 19.8 Å². The molecule has 0 bridgehead atoms. The van der Waals surface area contributed by atoms with E-state index in [9.17, 15) is 10.5 Å². The number of hydrogen-bond acceptors (Lipinski definition) is 5. The van der Waals surface area contributed by atoms with Crippen molar-refractivity contribution in [1.29, 1.82) is 10.5 Å². The van der Waals surface area contributed by atoms with Gasteiger partial charge in [0, 0.05) is 49.4 Å². The van der Waals surface area contributed by atoms with Gasteiger partial charge in [-0.3, -0.25) is 0 Å². The summed E-state index contributed by atoms with van der Waals surface area (Å²) in [5.74, 6) is 1.43. The Labute approximate surface area is 426 Å². The molecule has 0 spiro atoms. The fourth-order valence-electron chi connectivity index (χ4n) is 10.4. The van der Waals surface area contributed by atoms with Crippen LogP contribution in [0.4, 0.5) is 5.69 Å². The molecule has 0 aliphatic carbocycles. The van der Waals surface area contributed by atoms with Crippen molar-refractivity contribution in [3.05, 3.63) is 253 Å². The van der Waals surface area contributed by atoms with E-state index in [1.165, 1.54) is 0 Å². The number of rotatable bonds is 8. The van der Waals surface area contributed by atoms with Gasteiger partial charge in [0.2, 0.25) is 0 Å². The Balaban J connectivity index is 1.07. The van der Waals surface area contributed by atoms with Crippen molar-refractivity contribution >= 4 is 49.3 Å². The predicted octanol–water partition coefficient (Wildman–Crippen LogP) is 16.4. The normalized spacial score (nSPS) is 11.2. The molecule has 0 aliphatic heterocycles. The Hall–Kier alpha value is -10.7. The molecule has 0 fully saturated rings. The highest BCUT2D eigenvalue weighted by atomic mass is 15.0. The zero-order valence-corrected chi connectivity index (χ0v) is 39.5. The maximum atomic E-state index is 10.0. The first-order valence-electron chi connectivity index (χ1n) is 24.1. The summed E-state index contributed by atoms with van der Waals surface area (Å²) in [4.78, 5) is 19.8. The number of benzene rings is 10. The molecule has 0 N–H and O–H groups in total. The van der Waals surface area contributed by atoms with Gasteiger partial charge in [0.25, 0.3) is 0 Å². The summed E-state index contributed by atoms with van der Waals surface area (Å²) in [6, 6.07) is 82.2. The van der Waals surface area contributed by atoms with Gasteiger partial charge in [-0.15, -0.1) is 0 Å². The quantitative estimate of drug-likeness (QED) is 0.141. The number of nitriles is 2. The Kier molecular flexibility index (Phi) is 10.5. The van der Waals surface area contributed by atoms with Gasteiger partial charge in [0.05, 0.1) is 63.3 Å². The Morgan fingerprint density at radius 2 is 0.743 bits per heavy atom. The lowest BCUT2D eigenvalue weighted by molar-refractivity contribution is 1.07. The van der Waals surface area contributed by atoms with Gasteiger partial charge in [-0.1, -0.05) is 158 Å². The van der Waals surface area contributed by atoms with E-state index in [1.807, 2.05) is 84.9 Å². The van der Waals surface area contributed by atoms with Crippen LogP contribution in [0.25, 0.3) is 127 Å². The molecule has 8 nitrogen and oxygen atoms in total. The van der Waals surface area contributed by atoms with Gasteiger partial charge >= 0.3 is 0 Å². The third kappa shape index (κ3) is 7.42. The first kappa shape index (κ1) is 43.3. The Morgan fingerprint density at radius 1 is 0.338 bits per heavy atom. The fourth-order valence-corrected chi connectivity index (χ4v) is 10.4. The number of para-hydroxylation sites is 4. The molecule has 10 aromatic carbocycles. The molecular formula is C66H38N8. The molecule has 0 saturated heterocycles. The van der Waals surface area contributed by atoms with Gasteiger partial charge in [0.15, 0.2) is 23.2 Å². The van der Waals surface area contributed by atoms with Gasteiger partial charge in [-0.2, -0.15) is 10.5 Å². The van der Waals surface area contributed by atoms with Gasteiger partial charge < -0.3 is 9.13 Å². The van der Waals surface area contributed by atoms with E-state index in [1.54, 1.807) is 0 Å². The molecule has 3 heterocycles. The third-order valence-corrected chi connectivity index (χ3v) is 13.8. The average Bonchev–Trinajstić information content (AvgIpc) is 4.00. The number of nitrogens with zero attached hydrogens (tertiary/aromatic N) is 8. The molecule has 0 aliphatic rings. The average molecular weight is 943 g/mol. The summed E-state index contributed by atoms with van der Waals surface area (Å²) in [6.07, 6.45) is 0. The lowest BCUT2D eigenvalue weighted by Crippen LogP contribution is -2.03. The minimum Gasteiger partial charge on any atom is -0.309 e. The van der Waals surface area contributed by atoms with Crippen LogP contribution < -0.4 is 0 Å². The number of fused-ring (bicyclic) bond motifs is 6. The zero-order valence-electron chi connectivity index (χ0n) is 39.5. The van der Waals surface area contributed by atoms with Crippen molar-refractivity contribution in [2.45, 2.75) is 0 Å². The van der Waals surface area contributed by atoms with Crippen LogP contribution in [0.2, 0.25) is 0 Å². The van der Waals surface area contributed by atoms with Crippen LogP contribution in [0.15, 0.2) is 231 Å². The topological polar surface area (TPSA) is 100 Å². The molecule has 3 aromatic heterocycles. The van der Waals surface area contributed by atoms with Crippen LogP contribution in [0.1, 0.15) is 11.1 Å². The number of aromatic nitrogens is 5. The van der Waals surface area contributed by atoms with Gasteiger partial charge in [-0.05, 0) is 95.1 Å². The molecule has 0 radical (unpaired) electrons. The van der Waals surface area contributed by atoms with Crippen molar-refractivity contribution in [3.8, 4) is 91.1 Å². The maximum absolute atomic E-state index is 10.0. The predicted molar refractivity (Wildman–Crippen MR) is 297 cm³/mol. The second-order valence-electron chi connectivity index (χ2n) is 18.1. The molecule has 13 aromatic rings. The molecule has 0 unspecified atom stereocenters. The third-order valence-electron chi connectivity index (χ3n) is 13.8. The van der Waals surface area contributed by atoms with Crippen molar-refractivity contribution in [1.82, 2.24) is 24.1 Å². The molecule has 0 amide bonds. The summed E-state index contributed by atoms with van der Waals surface area (Å²) >= 11 is 0. The fraction of sp³-hybridized carbons (Fsp3) is 0. The first-order valence-corrected chi connectivity index (χ1v) is 24.1. The molecule has 0 saturated carbocycles. The van der Waals surface area contributed by atoms with Crippen LogP contribution in [0.5, 0.6) is 0 Å². The SMILES string of the molecule is [C-]#[N+]c1cccc(-c2ccc(-c3nc(-c4cccc(-c5ccc(C#N)cc5)c4)nc(-c4ccc(-c5cccc(C#N)c5)c(-n5c6ccccc6c6ccccc65)c4)n3)cc2-n2c3ccccc3c3ccccc32)c1. The first-order chi connectivity index (χ1) is 36.5. The second-order valence-corrected chi connectivity index (χ2v) is 18.1. The van der Waals surface area contributed by atoms with E-state index < -0.39 is 0 Å². The van der Waals surface area contributed by atoms with Crippen molar-refractivity contribution in [3.63, 3.8) is 0 Å². The van der Waals surface area contributed by atoms with Crippen molar-refractivity contribution in [2.75, 3.05) is 0 Å². The summed E-state index contributed by atoms with van der Waals surface area (Å²) in [7, 11) is 0. The van der Waals surface area contributed by atoms with Crippen molar-refractivity contribution in [2.24, 2.45) is 0 Å². The van der Waals surface area contributed by atoms with Crippen LogP contribution in [0.3, 0.4) is 0 Å². The van der Waals surface area contributed by atoms with Crippen LogP contribution in [-0.2, 0) is 0 Å². The minimum absolute atomic E-state index is 0.473. The molecule has 13 rings (SSSR count). The lowest BCUT2D eigenvalue weighted by atomic mass is 9.98. The van der Waals surface area contributed by atoms with E-state index in [0.717, 1.165) is 105 Å². The maximum Gasteiger partial charge on any atom is 0.187 e. The van der Waals surface area contributed by atoms with Crippen LogP contribution in [-0.4, -0.2) is 24.1 Å². The Morgan fingerprint density at radius 3 is 1.23 bits per heavy atom. The standard InChI is InChI=1S/C66H38N8/c1-69-51-18-12-16-47(37-51)53-34-32-50(39-63(53)74-60-25-8-4-21-56(60)57-22-5-9-26-61(57)74)66-71-64(48-17-11-14-45(36-48)44-29-27-42(40-67)28-30-44)70-65(72-66)49-31-33-52(46-15-10-13-43(35-46)41-68)62(38-49)73-58-23-6-2-19-54(58)55-20-3-7-24-59(55)73/h2-39H. The molecule has 342 valence electrons. The van der Waals surface area contributed by atoms with E-state index in [4.69, 9.17) is 21.5 Å². The van der Waals surface area contributed by atoms with Crippen LogP contribution >= 0.6 is 0 Å². The van der Waals surface area contributed by atoms with Crippen LogP contribution in [0, 0.1) is 29.2 Å². The van der Waals surface area contributed by atoms with E-state index in [-0.39, 0.29) is 0 Å². The summed E-state index contributed by atoms with van der Waals surface area (Å²) in [5, 5.41) is 24.1. The highest BCUT2D eigenvalue weighted by Gasteiger charge is 2.22. The van der Waals surface area contributed by atoms with Crippen molar-refractivity contribution < 1.29 is 0 Å². The van der Waals surface area contributed by atoms with Gasteiger partial charge in [0.1, 0.15) is 0 Å². The molecule has 8 heteroatoms. The van der Waals surface area contributed by atoms with E-state index in [2.05, 4.69) is 172 Å². The lowest BCUT2D eigenvalue weighted by Gasteiger charge is -2.17. The van der Waals surface area contributed by atoms with E-state index in [0.29, 0.717) is 34.3 Å². The zero-order chi connectivity index (χ0) is 49.7. The minimum atomic E-state index is 0.473. The highest BCUT2D eigenvalue weighted by Crippen LogP contribution is 2.41. The smallest absolute Gasteiger partial charge is 0.187 e. The summed E-state index contributed by atoms with van der Waals surface area (Å²) in [5.41, 5.74) is 15.6. The largest absolute Gasteiger partial charge is 0.309 e. The highest BCUT2D eigenvalue weighted by molar-refractivity contribution is 6.11. The molecule has 0 atom stereocenters. The van der Waals surface area contributed by atoms with E-state index >= 15 is 0 Å². The molecule has 74 heavy (non-hydrogen) atoms. The Bertz CT molecular complexity index is 4190. The monoisotopic (exact) mass is 942 g/mol. The molecular weight excluding hydrogens is 905 g/mol. The summed E-state index contributed by atoms with van der Waals surface area (Å²) < 4.78 is 4.60.